The Bertz CT molecular complexity index is 610. The van der Waals surface area contributed by atoms with Crippen LogP contribution in [0.5, 0.6) is 5.75 Å². The van der Waals surface area contributed by atoms with Crippen LogP contribution < -0.4 is 9.14 Å². The number of imidazole rings is 1. The number of methoxy groups -OCH3 is 1. The number of rotatable bonds is 2. The molecule has 0 saturated carbocycles. The second-order valence-electron chi connectivity index (χ2n) is 3.75. The lowest BCUT2D eigenvalue weighted by Gasteiger charge is -1.99. The summed E-state index contributed by atoms with van der Waals surface area (Å²) in [6.45, 7) is 0. The van der Waals surface area contributed by atoms with E-state index in [9.17, 15) is 0 Å². The van der Waals surface area contributed by atoms with E-state index in [0.717, 1.165) is 22.8 Å². The predicted octanol–water partition coefficient (Wildman–Crippen LogP) is 1.82. The van der Waals surface area contributed by atoms with Gasteiger partial charge in [-0.1, -0.05) is 4.98 Å². The minimum atomic E-state index is 0.832. The third-order valence-corrected chi connectivity index (χ3v) is 2.69. The summed E-state index contributed by atoms with van der Waals surface area (Å²) in [6.07, 6.45) is 5.75. The van der Waals surface area contributed by atoms with Crippen LogP contribution in [0.1, 0.15) is 0 Å². The van der Waals surface area contributed by atoms with Gasteiger partial charge in [0.1, 0.15) is 23.8 Å². The van der Waals surface area contributed by atoms with Gasteiger partial charge in [-0.25, -0.2) is 9.38 Å². The van der Waals surface area contributed by atoms with Crippen LogP contribution in [-0.2, 0) is 0 Å². The second kappa shape index (κ2) is 3.90. The van der Waals surface area contributed by atoms with Crippen LogP contribution in [0.15, 0.2) is 48.9 Å². The molecule has 2 heterocycles. The van der Waals surface area contributed by atoms with Crippen molar-refractivity contribution in [2.45, 2.75) is 0 Å². The molecule has 3 rings (SSSR count). The molecular formula is C13H12N3O+. The Labute approximate surface area is 98.5 Å². The number of nitrogens with zero attached hydrogens (tertiary/aromatic N) is 2. The Morgan fingerprint density at radius 3 is 2.76 bits per heavy atom. The van der Waals surface area contributed by atoms with Crippen molar-refractivity contribution in [1.82, 2.24) is 9.97 Å². The lowest BCUT2D eigenvalue weighted by atomic mass is 10.2. The summed E-state index contributed by atoms with van der Waals surface area (Å²) in [5.74, 6) is 1.69. The largest absolute Gasteiger partial charge is 0.497 e. The molecule has 84 valence electrons. The fraction of sp³-hybridized carbons (Fsp3) is 0.0769. The summed E-state index contributed by atoms with van der Waals surface area (Å²) >= 11 is 0. The number of benzene rings is 1. The van der Waals surface area contributed by atoms with Gasteiger partial charge in [-0.05, 0) is 24.3 Å². The Hall–Kier alpha value is -2.36. The molecule has 0 spiro atoms. The van der Waals surface area contributed by atoms with Crippen molar-refractivity contribution >= 4 is 5.78 Å². The Balaban J connectivity index is 2.07. The van der Waals surface area contributed by atoms with Crippen LogP contribution in [0.25, 0.3) is 17.0 Å². The number of hydrogen-bond acceptors (Lipinski definition) is 2. The minimum absolute atomic E-state index is 0.832. The lowest BCUT2D eigenvalue weighted by molar-refractivity contribution is -0.512. The van der Waals surface area contributed by atoms with Crippen LogP contribution in [0, 0.1) is 0 Å². The number of H-pyrrole nitrogens is 1. The van der Waals surface area contributed by atoms with Gasteiger partial charge in [0.2, 0.25) is 0 Å². The van der Waals surface area contributed by atoms with Gasteiger partial charge in [0.25, 0.3) is 0 Å². The Morgan fingerprint density at radius 1 is 1.24 bits per heavy atom. The van der Waals surface area contributed by atoms with Crippen molar-refractivity contribution in [3.63, 3.8) is 0 Å². The summed E-state index contributed by atoms with van der Waals surface area (Å²) in [5, 5.41) is 0. The maximum atomic E-state index is 5.14. The number of nitrogens with one attached hydrogen (secondary N) is 1. The molecule has 4 heteroatoms. The Kier molecular flexibility index (Phi) is 2.26. The second-order valence-corrected chi connectivity index (χ2v) is 3.75. The zero-order valence-corrected chi connectivity index (χ0v) is 9.42. The van der Waals surface area contributed by atoms with Crippen LogP contribution in [-0.4, -0.2) is 17.1 Å². The van der Waals surface area contributed by atoms with Crippen molar-refractivity contribution in [2.75, 3.05) is 7.11 Å². The molecular weight excluding hydrogens is 214 g/mol. The van der Waals surface area contributed by atoms with Crippen molar-refractivity contribution in [3.05, 3.63) is 48.9 Å². The SMILES string of the molecule is COc1ccc(-c2c[n+]3cccnc3[nH]2)cc1. The van der Waals surface area contributed by atoms with E-state index in [1.165, 1.54) is 0 Å². The maximum absolute atomic E-state index is 5.14. The first-order valence-electron chi connectivity index (χ1n) is 5.36. The third-order valence-electron chi connectivity index (χ3n) is 2.69. The highest BCUT2D eigenvalue weighted by Crippen LogP contribution is 2.19. The van der Waals surface area contributed by atoms with E-state index in [0.29, 0.717) is 0 Å². The molecule has 1 N–H and O–H groups in total. The van der Waals surface area contributed by atoms with Gasteiger partial charge in [-0.2, -0.15) is 0 Å². The highest BCUT2D eigenvalue weighted by atomic mass is 16.5. The topological polar surface area (TPSA) is 42.0 Å². The highest BCUT2D eigenvalue weighted by Gasteiger charge is 2.09. The smallest absolute Gasteiger partial charge is 0.401 e. The predicted molar refractivity (Wildman–Crippen MR) is 63.7 cm³/mol. The first-order chi connectivity index (χ1) is 8.36. The molecule has 0 atom stereocenters. The van der Waals surface area contributed by atoms with Gasteiger partial charge in [0, 0.05) is 11.6 Å². The fourth-order valence-corrected chi connectivity index (χ4v) is 1.79. The van der Waals surface area contributed by atoms with E-state index >= 15 is 0 Å². The average Bonchev–Trinajstić information content (AvgIpc) is 2.82. The van der Waals surface area contributed by atoms with Gasteiger partial charge in [-0.3, -0.25) is 0 Å². The Morgan fingerprint density at radius 2 is 2.06 bits per heavy atom. The monoisotopic (exact) mass is 226 g/mol. The van der Waals surface area contributed by atoms with Crippen LogP contribution in [0.2, 0.25) is 0 Å². The molecule has 0 amide bonds. The first kappa shape index (κ1) is 9.84. The minimum Gasteiger partial charge on any atom is -0.497 e. The number of hydrogen-bond donors (Lipinski definition) is 1. The van der Waals surface area contributed by atoms with Crippen LogP contribution in [0.3, 0.4) is 0 Å². The van der Waals surface area contributed by atoms with Crippen molar-refractivity contribution in [2.24, 2.45) is 0 Å². The summed E-state index contributed by atoms with van der Waals surface area (Å²) in [7, 11) is 1.66. The van der Waals surface area contributed by atoms with E-state index in [-0.39, 0.29) is 0 Å². The molecule has 0 unspecified atom stereocenters. The number of aromatic nitrogens is 3. The van der Waals surface area contributed by atoms with E-state index in [1.807, 2.05) is 47.1 Å². The zero-order chi connectivity index (χ0) is 11.7. The molecule has 0 aliphatic rings. The quantitative estimate of drug-likeness (QED) is 0.677. The summed E-state index contributed by atoms with van der Waals surface area (Å²) in [5.41, 5.74) is 2.14. The van der Waals surface area contributed by atoms with Crippen molar-refractivity contribution in [3.8, 4) is 17.0 Å². The molecule has 0 aliphatic heterocycles. The molecule has 0 radical (unpaired) electrons. The number of ether oxygens (including phenoxy) is 1. The van der Waals surface area contributed by atoms with Gasteiger partial charge in [0.05, 0.1) is 13.3 Å². The van der Waals surface area contributed by atoms with E-state index in [1.54, 1.807) is 13.3 Å². The third kappa shape index (κ3) is 1.73. The van der Waals surface area contributed by atoms with Gasteiger partial charge in [0.15, 0.2) is 0 Å². The van der Waals surface area contributed by atoms with E-state index in [2.05, 4.69) is 9.97 Å². The summed E-state index contributed by atoms with van der Waals surface area (Å²) in [4.78, 5) is 7.50. The molecule has 3 aromatic rings. The molecule has 1 aromatic carbocycles. The molecule has 17 heavy (non-hydrogen) atoms. The molecule has 0 bridgehead atoms. The summed E-state index contributed by atoms with van der Waals surface area (Å²) in [6, 6.07) is 9.82. The molecule has 0 fully saturated rings. The summed E-state index contributed by atoms with van der Waals surface area (Å²) < 4.78 is 7.09. The normalized spacial score (nSPS) is 10.6. The number of aromatic amines is 1. The van der Waals surface area contributed by atoms with Gasteiger partial charge in [-0.15, -0.1) is 0 Å². The van der Waals surface area contributed by atoms with Gasteiger partial charge >= 0.3 is 5.78 Å². The fourth-order valence-electron chi connectivity index (χ4n) is 1.79. The average molecular weight is 226 g/mol. The van der Waals surface area contributed by atoms with E-state index in [4.69, 9.17) is 4.74 Å². The maximum Gasteiger partial charge on any atom is 0.401 e. The lowest BCUT2D eigenvalue weighted by Crippen LogP contribution is -2.17. The van der Waals surface area contributed by atoms with E-state index < -0.39 is 0 Å². The standard InChI is InChI=1S/C13H11N3O/c1-17-11-5-3-10(4-6-11)12-9-16-8-2-7-14-13(16)15-12/h2-9H,1H3/p+1. The van der Waals surface area contributed by atoms with Crippen LogP contribution in [0.4, 0.5) is 0 Å². The first-order valence-corrected chi connectivity index (χ1v) is 5.36. The van der Waals surface area contributed by atoms with Gasteiger partial charge < -0.3 is 4.74 Å². The van der Waals surface area contributed by atoms with Crippen molar-refractivity contribution < 1.29 is 9.14 Å². The van der Waals surface area contributed by atoms with Crippen molar-refractivity contribution in [1.29, 1.82) is 0 Å². The molecule has 2 aromatic heterocycles. The number of fused-ring (bicyclic) bond motifs is 1. The molecule has 0 aliphatic carbocycles. The van der Waals surface area contributed by atoms with Crippen LogP contribution >= 0.6 is 0 Å². The molecule has 0 saturated heterocycles. The molecule has 4 nitrogen and oxygen atoms in total. The highest BCUT2D eigenvalue weighted by molar-refractivity contribution is 5.60. The zero-order valence-electron chi connectivity index (χ0n) is 9.42.